The number of guanidine groups is 1. The lowest BCUT2D eigenvalue weighted by molar-refractivity contribution is 0.399. The Balaban J connectivity index is 1.89. The van der Waals surface area contributed by atoms with E-state index in [1.54, 1.807) is 21.3 Å². The van der Waals surface area contributed by atoms with Crippen LogP contribution in [-0.4, -0.2) is 46.9 Å². The monoisotopic (exact) mass is 385 g/mol. The van der Waals surface area contributed by atoms with Gasteiger partial charge in [0.1, 0.15) is 17.2 Å². The summed E-state index contributed by atoms with van der Waals surface area (Å²) in [4.78, 5) is 4.68. The van der Waals surface area contributed by atoms with Gasteiger partial charge in [-0.1, -0.05) is 12.1 Å². The van der Waals surface area contributed by atoms with E-state index in [1.165, 1.54) is 5.56 Å². The number of nitrogens with zero attached hydrogens (tertiary/aromatic N) is 1. The van der Waals surface area contributed by atoms with Crippen LogP contribution in [0.4, 0.5) is 0 Å². The van der Waals surface area contributed by atoms with E-state index in [0.29, 0.717) is 6.54 Å². The highest BCUT2D eigenvalue weighted by atomic mass is 16.5. The Morgan fingerprint density at radius 3 is 2.21 bits per heavy atom. The third-order valence-electron chi connectivity index (χ3n) is 4.35. The molecule has 2 aromatic carbocycles. The Kier molecular flexibility index (Phi) is 8.98. The quantitative estimate of drug-likeness (QED) is 0.486. The molecule has 0 aromatic heterocycles. The van der Waals surface area contributed by atoms with E-state index in [1.807, 2.05) is 30.3 Å². The summed E-state index contributed by atoms with van der Waals surface area (Å²) in [6, 6.07) is 14.0. The fourth-order valence-electron chi connectivity index (χ4n) is 2.82. The molecule has 0 fully saturated rings. The first-order valence-electron chi connectivity index (χ1n) is 9.56. The van der Waals surface area contributed by atoms with Crippen molar-refractivity contribution >= 4 is 5.96 Å². The van der Waals surface area contributed by atoms with Gasteiger partial charge in [-0.25, -0.2) is 0 Å². The number of methoxy groups -OCH3 is 3. The average Bonchev–Trinajstić information content (AvgIpc) is 2.74. The second-order valence-corrected chi connectivity index (χ2v) is 6.21. The van der Waals surface area contributed by atoms with E-state index in [9.17, 15) is 0 Å². The maximum atomic E-state index is 5.44. The van der Waals surface area contributed by atoms with Crippen LogP contribution in [0.2, 0.25) is 0 Å². The van der Waals surface area contributed by atoms with Crippen molar-refractivity contribution in [3.63, 3.8) is 0 Å². The van der Waals surface area contributed by atoms with Crippen LogP contribution in [0, 0.1) is 0 Å². The number of nitrogens with one attached hydrogen (secondary N) is 2. The molecule has 0 aliphatic carbocycles. The SMILES string of the molecule is CCNC(=NCCc1cc(OC)ccc1OC)NCCc1ccc(OC)cc1. The smallest absolute Gasteiger partial charge is 0.191 e. The second kappa shape index (κ2) is 11.7. The molecule has 0 bridgehead atoms. The van der Waals surface area contributed by atoms with Gasteiger partial charge in [0.15, 0.2) is 5.96 Å². The van der Waals surface area contributed by atoms with Crippen molar-refractivity contribution < 1.29 is 14.2 Å². The van der Waals surface area contributed by atoms with Gasteiger partial charge in [0.2, 0.25) is 0 Å². The summed E-state index contributed by atoms with van der Waals surface area (Å²) < 4.78 is 15.9. The normalized spacial score (nSPS) is 11.1. The third kappa shape index (κ3) is 6.68. The molecule has 0 saturated carbocycles. The van der Waals surface area contributed by atoms with Crippen LogP contribution >= 0.6 is 0 Å². The first-order chi connectivity index (χ1) is 13.7. The maximum absolute atomic E-state index is 5.44. The van der Waals surface area contributed by atoms with Gasteiger partial charge in [0, 0.05) is 19.6 Å². The van der Waals surface area contributed by atoms with Gasteiger partial charge >= 0.3 is 0 Å². The zero-order chi connectivity index (χ0) is 20.2. The molecule has 6 heteroatoms. The standard InChI is InChI=1S/C22H31N3O3/c1-5-23-22(24-14-12-17-6-8-19(26-2)9-7-17)25-15-13-18-16-20(27-3)10-11-21(18)28-4/h6-11,16H,5,12-15H2,1-4H3,(H2,23,24,25). The molecule has 0 unspecified atom stereocenters. The van der Waals surface area contributed by atoms with Gasteiger partial charge in [-0.05, 0) is 61.2 Å². The Hall–Kier alpha value is -2.89. The average molecular weight is 386 g/mol. The van der Waals surface area contributed by atoms with Crippen LogP contribution in [0.15, 0.2) is 47.5 Å². The summed E-state index contributed by atoms with van der Waals surface area (Å²) in [6.45, 7) is 4.34. The van der Waals surface area contributed by atoms with E-state index >= 15 is 0 Å². The third-order valence-corrected chi connectivity index (χ3v) is 4.35. The molecular weight excluding hydrogens is 354 g/mol. The molecule has 6 nitrogen and oxygen atoms in total. The van der Waals surface area contributed by atoms with Crippen LogP contribution < -0.4 is 24.8 Å². The summed E-state index contributed by atoms with van der Waals surface area (Å²) >= 11 is 0. The number of benzene rings is 2. The predicted molar refractivity (Wildman–Crippen MR) is 114 cm³/mol. The summed E-state index contributed by atoms with van der Waals surface area (Å²) in [7, 11) is 5.02. The number of aliphatic imine (C=N–C) groups is 1. The summed E-state index contributed by atoms with van der Waals surface area (Å²) in [5.74, 6) is 3.37. The highest BCUT2D eigenvalue weighted by molar-refractivity contribution is 5.79. The Morgan fingerprint density at radius 2 is 1.57 bits per heavy atom. The van der Waals surface area contributed by atoms with Gasteiger partial charge in [-0.2, -0.15) is 0 Å². The molecule has 0 amide bonds. The van der Waals surface area contributed by atoms with Gasteiger partial charge < -0.3 is 24.8 Å². The predicted octanol–water partition coefficient (Wildman–Crippen LogP) is 3.05. The fraction of sp³-hybridized carbons (Fsp3) is 0.409. The second-order valence-electron chi connectivity index (χ2n) is 6.21. The first kappa shape index (κ1) is 21.4. The molecule has 2 N–H and O–H groups in total. The molecule has 0 aliphatic heterocycles. The summed E-state index contributed by atoms with van der Waals surface area (Å²) in [5.41, 5.74) is 2.34. The van der Waals surface area contributed by atoms with Crippen LogP contribution in [0.3, 0.4) is 0 Å². The number of hydrogen-bond donors (Lipinski definition) is 2. The van der Waals surface area contributed by atoms with Gasteiger partial charge in [0.25, 0.3) is 0 Å². The number of rotatable bonds is 10. The minimum absolute atomic E-state index is 0.654. The molecule has 0 atom stereocenters. The first-order valence-corrected chi connectivity index (χ1v) is 9.56. The molecular formula is C22H31N3O3. The molecule has 152 valence electrons. The Morgan fingerprint density at radius 1 is 0.857 bits per heavy atom. The van der Waals surface area contributed by atoms with Crippen molar-refractivity contribution in [2.45, 2.75) is 19.8 Å². The van der Waals surface area contributed by atoms with E-state index in [0.717, 1.165) is 54.7 Å². The molecule has 2 aromatic rings. The van der Waals surface area contributed by atoms with Gasteiger partial charge in [-0.3, -0.25) is 4.99 Å². The summed E-state index contributed by atoms with van der Waals surface area (Å²) in [6.07, 6.45) is 1.69. The molecule has 28 heavy (non-hydrogen) atoms. The van der Waals surface area contributed by atoms with Crippen molar-refractivity contribution in [3.8, 4) is 17.2 Å². The van der Waals surface area contributed by atoms with E-state index in [4.69, 9.17) is 14.2 Å². The zero-order valence-corrected chi connectivity index (χ0v) is 17.2. The molecule has 0 heterocycles. The zero-order valence-electron chi connectivity index (χ0n) is 17.2. The van der Waals surface area contributed by atoms with Crippen molar-refractivity contribution in [1.82, 2.24) is 10.6 Å². The highest BCUT2D eigenvalue weighted by Gasteiger charge is 2.05. The molecule has 0 radical (unpaired) electrons. The molecule has 2 rings (SSSR count). The largest absolute Gasteiger partial charge is 0.497 e. The lowest BCUT2D eigenvalue weighted by Crippen LogP contribution is -2.38. The summed E-state index contributed by atoms with van der Waals surface area (Å²) in [5, 5.41) is 6.67. The lowest BCUT2D eigenvalue weighted by atomic mass is 10.1. The number of hydrogen-bond acceptors (Lipinski definition) is 4. The van der Waals surface area contributed by atoms with Crippen molar-refractivity contribution in [3.05, 3.63) is 53.6 Å². The molecule has 0 spiro atoms. The number of ether oxygens (including phenoxy) is 3. The van der Waals surface area contributed by atoms with Gasteiger partial charge in [-0.15, -0.1) is 0 Å². The van der Waals surface area contributed by atoms with E-state index < -0.39 is 0 Å². The minimum atomic E-state index is 0.654. The van der Waals surface area contributed by atoms with Crippen LogP contribution in [-0.2, 0) is 12.8 Å². The minimum Gasteiger partial charge on any atom is -0.497 e. The van der Waals surface area contributed by atoms with Crippen molar-refractivity contribution in [2.75, 3.05) is 41.0 Å². The van der Waals surface area contributed by atoms with Crippen LogP contribution in [0.5, 0.6) is 17.2 Å². The highest BCUT2D eigenvalue weighted by Crippen LogP contribution is 2.24. The topological polar surface area (TPSA) is 64.1 Å². The van der Waals surface area contributed by atoms with Crippen LogP contribution in [0.1, 0.15) is 18.1 Å². The van der Waals surface area contributed by atoms with Crippen molar-refractivity contribution in [1.29, 1.82) is 0 Å². The van der Waals surface area contributed by atoms with Crippen LogP contribution in [0.25, 0.3) is 0 Å². The fourth-order valence-corrected chi connectivity index (χ4v) is 2.82. The Bertz CT molecular complexity index is 745. The lowest BCUT2D eigenvalue weighted by Gasteiger charge is -2.12. The molecule has 0 aliphatic rings. The van der Waals surface area contributed by atoms with Gasteiger partial charge in [0.05, 0.1) is 21.3 Å². The van der Waals surface area contributed by atoms with E-state index in [2.05, 4.69) is 34.7 Å². The maximum Gasteiger partial charge on any atom is 0.191 e. The van der Waals surface area contributed by atoms with E-state index in [-0.39, 0.29) is 0 Å². The van der Waals surface area contributed by atoms with Crippen molar-refractivity contribution in [2.24, 2.45) is 4.99 Å². The Labute approximate surface area is 167 Å². The molecule has 0 saturated heterocycles.